The highest BCUT2D eigenvalue weighted by molar-refractivity contribution is 6.28. The Labute approximate surface area is 118 Å². The molecule has 8 heteroatoms. The average Bonchev–Trinajstić information content (AvgIpc) is 3.09. The van der Waals surface area contributed by atoms with Gasteiger partial charge in [0.15, 0.2) is 5.22 Å². The van der Waals surface area contributed by atoms with E-state index in [1.54, 1.807) is 24.3 Å². The van der Waals surface area contributed by atoms with Gasteiger partial charge in [-0.25, -0.2) is 9.07 Å². The molecular formula is C12H9ClFN5O. The number of hydrogen-bond acceptors (Lipinski definition) is 5. The van der Waals surface area contributed by atoms with Crippen molar-refractivity contribution in [1.29, 1.82) is 0 Å². The van der Waals surface area contributed by atoms with Gasteiger partial charge in [-0.15, -0.1) is 5.10 Å². The Hall–Kier alpha value is -2.41. The zero-order valence-electron chi connectivity index (χ0n) is 10.1. The normalized spacial score (nSPS) is 10.7. The average molecular weight is 294 g/mol. The lowest BCUT2D eigenvalue weighted by Gasteiger charge is -2.08. The molecule has 0 saturated heterocycles. The SMILES string of the molecule is Fc1ccc(-n2cnnn2)cc1NCc1ccc(Cl)o1. The topological polar surface area (TPSA) is 68.8 Å². The van der Waals surface area contributed by atoms with Crippen LogP contribution in [0, 0.1) is 5.82 Å². The first-order valence-electron chi connectivity index (χ1n) is 5.73. The second-order valence-electron chi connectivity index (χ2n) is 3.98. The minimum Gasteiger partial charge on any atom is -0.448 e. The third-order valence-electron chi connectivity index (χ3n) is 2.65. The Balaban J connectivity index is 1.80. The predicted molar refractivity (Wildman–Crippen MR) is 70.2 cm³/mol. The first kappa shape index (κ1) is 12.6. The van der Waals surface area contributed by atoms with Crippen molar-refractivity contribution in [1.82, 2.24) is 20.2 Å². The summed E-state index contributed by atoms with van der Waals surface area (Å²) in [7, 11) is 0. The highest BCUT2D eigenvalue weighted by Gasteiger charge is 2.07. The third kappa shape index (κ3) is 2.62. The van der Waals surface area contributed by atoms with Crippen molar-refractivity contribution in [3.05, 3.63) is 53.5 Å². The van der Waals surface area contributed by atoms with Gasteiger partial charge in [-0.3, -0.25) is 0 Å². The van der Waals surface area contributed by atoms with Crippen molar-refractivity contribution in [2.24, 2.45) is 0 Å². The van der Waals surface area contributed by atoms with Gasteiger partial charge in [0.05, 0.1) is 17.9 Å². The van der Waals surface area contributed by atoms with Gasteiger partial charge in [0.25, 0.3) is 0 Å². The number of nitrogens with one attached hydrogen (secondary N) is 1. The molecule has 0 unspecified atom stereocenters. The molecule has 2 aromatic heterocycles. The molecule has 2 heterocycles. The van der Waals surface area contributed by atoms with E-state index in [1.165, 1.54) is 17.1 Å². The van der Waals surface area contributed by atoms with Gasteiger partial charge >= 0.3 is 0 Å². The third-order valence-corrected chi connectivity index (χ3v) is 2.85. The van der Waals surface area contributed by atoms with E-state index in [4.69, 9.17) is 16.0 Å². The maximum absolute atomic E-state index is 13.7. The molecule has 0 radical (unpaired) electrons. The van der Waals surface area contributed by atoms with Gasteiger partial charge in [-0.05, 0) is 52.4 Å². The zero-order valence-corrected chi connectivity index (χ0v) is 10.9. The summed E-state index contributed by atoms with van der Waals surface area (Å²) >= 11 is 5.67. The maximum atomic E-state index is 13.7. The summed E-state index contributed by atoms with van der Waals surface area (Å²) in [4.78, 5) is 0. The van der Waals surface area contributed by atoms with Crippen LogP contribution in [0.4, 0.5) is 10.1 Å². The Morgan fingerprint density at radius 2 is 2.20 bits per heavy atom. The molecule has 102 valence electrons. The van der Waals surface area contributed by atoms with Crippen molar-refractivity contribution in [3.63, 3.8) is 0 Å². The minimum atomic E-state index is -0.375. The van der Waals surface area contributed by atoms with Gasteiger partial charge in [0.1, 0.15) is 17.9 Å². The largest absolute Gasteiger partial charge is 0.448 e. The van der Waals surface area contributed by atoms with Gasteiger partial charge in [0.2, 0.25) is 0 Å². The van der Waals surface area contributed by atoms with Crippen LogP contribution in [-0.2, 0) is 6.54 Å². The molecule has 3 rings (SSSR count). The van der Waals surface area contributed by atoms with E-state index in [-0.39, 0.29) is 5.82 Å². The van der Waals surface area contributed by atoms with E-state index in [1.807, 2.05) is 0 Å². The van der Waals surface area contributed by atoms with Crippen molar-refractivity contribution in [2.45, 2.75) is 6.54 Å². The van der Waals surface area contributed by atoms with Gasteiger partial charge in [-0.2, -0.15) is 0 Å². The highest BCUT2D eigenvalue weighted by atomic mass is 35.5. The minimum absolute atomic E-state index is 0.296. The van der Waals surface area contributed by atoms with Crippen molar-refractivity contribution < 1.29 is 8.81 Å². The summed E-state index contributed by atoms with van der Waals surface area (Å²) in [5.41, 5.74) is 0.974. The Bertz CT molecular complexity index is 712. The standard InChI is InChI=1S/C12H9ClFN5O/c13-12-4-2-9(20-12)6-15-11-5-8(1-3-10(11)14)19-7-16-17-18-19/h1-5,7,15H,6H2. The number of furan rings is 1. The molecule has 20 heavy (non-hydrogen) atoms. The fourth-order valence-corrected chi connectivity index (χ4v) is 1.86. The number of rotatable bonds is 4. The molecule has 0 spiro atoms. The van der Waals surface area contributed by atoms with Crippen LogP contribution >= 0.6 is 11.6 Å². The fraction of sp³-hybridized carbons (Fsp3) is 0.0833. The number of nitrogens with zero attached hydrogens (tertiary/aromatic N) is 4. The number of tetrazole rings is 1. The van der Waals surface area contributed by atoms with E-state index < -0.39 is 0 Å². The first-order valence-corrected chi connectivity index (χ1v) is 6.11. The summed E-state index contributed by atoms with van der Waals surface area (Å²) in [6, 6.07) is 7.89. The monoisotopic (exact) mass is 293 g/mol. The van der Waals surface area contributed by atoms with Crippen LogP contribution in [0.1, 0.15) is 5.76 Å². The van der Waals surface area contributed by atoms with E-state index in [9.17, 15) is 4.39 Å². The van der Waals surface area contributed by atoms with E-state index in [0.717, 1.165) is 0 Å². The maximum Gasteiger partial charge on any atom is 0.193 e. The summed E-state index contributed by atoms with van der Waals surface area (Å²) in [6.07, 6.45) is 1.43. The number of benzene rings is 1. The Morgan fingerprint density at radius 3 is 2.90 bits per heavy atom. The van der Waals surface area contributed by atoms with Crippen molar-refractivity contribution in [3.8, 4) is 5.69 Å². The first-order chi connectivity index (χ1) is 9.72. The van der Waals surface area contributed by atoms with Crippen LogP contribution in [0.3, 0.4) is 0 Å². The fourth-order valence-electron chi connectivity index (χ4n) is 1.70. The van der Waals surface area contributed by atoms with E-state index in [0.29, 0.717) is 28.9 Å². The summed E-state index contributed by atoms with van der Waals surface area (Å²) in [5, 5.41) is 14.1. The molecule has 0 atom stereocenters. The Morgan fingerprint density at radius 1 is 1.30 bits per heavy atom. The summed E-state index contributed by atoms with van der Waals surface area (Å²) in [6.45, 7) is 0.322. The molecule has 0 aliphatic carbocycles. The van der Waals surface area contributed by atoms with Gasteiger partial charge in [0, 0.05) is 0 Å². The number of anilines is 1. The van der Waals surface area contributed by atoms with Gasteiger partial charge < -0.3 is 9.73 Å². The molecule has 0 aliphatic heterocycles. The zero-order chi connectivity index (χ0) is 13.9. The van der Waals surface area contributed by atoms with Crippen LogP contribution < -0.4 is 5.32 Å². The van der Waals surface area contributed by atoms with Crippen molar-refractivity contribution in [2.75, 3.05) is 5.32 Å². The lowest BCUT2D eigenvalue weighted by atomic mass is 10.2. The molecule has 0 bridgehead atoms. The number of aromatic nitrogens is 4. The number of halogens is 2. The molecule has 0 amide bonds. The molecular weight excluding hydrogens is 285 g/mol. The van der Waals surface area contributed by atoms with Crippen LogP contribution in [0.15, 0.2) is 41.1 Å². The molecule has 1 N–H and O–H groups in total. The lowest BCUT2D eigenvalue weighted by molar-refractivity contribution is 0.519. The molecule has 0 fully saturated rings. The molecule has 1 aromatic carbocycles. The quantitative estimate of drug-likeness (QED) is 0.801. The predicted octanol–water partition coefficient (Wildman–Crippen LogP) is 2.66. The summed E-state index contributed by atoms with van der Waals surface area (Å²) in [5.74, 6) is 0.238. The summed E-state index contributed by atoms with van der Waals surface area (Å²) < 4.78 is 20.4. The molecule has 6 nitrogen and oxygen atoms in total. The van der Waals surface area contributed by atoms with Crippen LogP contribution in [0.25, 0.3) is 5.69 Å². The number of hydrogen-bond donors (Lipinski definition) is 1. The van der Waals surface area contributed by atoms with E-state index >= 15 is 0 Å². The van der Waals surface area contributed by atoms with Gasteiger partial charge in [-0.1, -0.05) is 0 Å². The highest BCUT2D eigenvalue weighted by Crippen LogP contribution is 2.20. The Kier molecular flexibility index (Phi) is 3.34. The smallest absolute Gasteiger partial charge is 0.193 e. The second-order valence-corrected chi connectivity index (χ2v) is 4.35. The molecule has 3 aromatic rings. The van der Waals surface area contributed by atoms with Crippen molar-refractivity contribution >= 4 is 17.3 Å². The van der Waals surface area contributed by atoms with Crippen LogP contribution in [0.5, 0.6) is 0 Å². The van der Waals surface area contributed by atoms with E-state index in [2.05, 4.69) is 20.8 Å². The molecule has 0 aliphatic rings. The molecule has 0 saturated carbocycles. The van der Waals surface area contributed by atoms with Crippen LogP contribution in [-0.4, -0.2) is 20.2 Å². The lowest BCUT2D eigenvalue weighted by Crippen LogP contribution is -2.03. The second kappa shape index (κ2) is 5.30. The van der Waals surface area contributed by atoms with Crippen LogP contribution in [0.2, 0.25) is 5.22 Å².